The molecular formula is C10H9NO3S. The molecule has 0 aliphatic carbocycles. The highest BCUT2D eigenvalue weighted by Gasteiger charge is 2.26. The zero-order valence-corrected chi connectivity index (χ0v) is 8.70. The Bertz CT molecular complexity index is 397. The third kappa shape index (κ3) is 2.24. The van der Waals surface area contributed by atoms with Gasteiger partial charge in [-0.3, -0.25) is 4.79 Å². The van der Waals surface area contributed by atoms with E-state index in [1.165, 1.54) is 17.4 Å². The van der Waals surface area contributed by atoms with Crippen LogP contribution >= 0.6 is 11.3 Å². The number of imide groups is 1. The normalized spacial score (nSPS) is 16.0. The third-order valence-corrected chi connectivity index (χ3v) is 2.80. The van der Waals surface area contributed by atoms with E-state index in [4.69, 9.17) is 0 Å². The summed E-state index contributed by atoms with van der Waals surface area (Å²) in [6.45, 7) is 0.629. The van der Waals surface area contributed by atoms with Crippen molar-refractivity contribution < 1.29 is 14.3 Å². The fourth-order valence-corrected chi connectivity index (χ4v) is 1.84. The number of nitrogens with zero attached hydrogens (tertiary/aromatic N) is 1. The second kappa shape index (κ2) is 4.27. The highest BCUT2D eigenvalue weighted by atomic mass is 32.1. The van der Waals surface area contributed by atoms with Crippen molar-refractivity contribution in [2.45, 2.75) is 0 Å². The van der Waals surface area contributed by atoms with E-state index in [0.29, 0.717) is 6.54 Å². The lowest BCUT2D eigenvalue weighted by Crippen LogP contribution is -2.29. The van der Waals surface area contributed by atoms with Gasteiger partial charge in [-0.05, 0) is 17.5 Å². The molecule has 0 aromatic carbocycles. The summed E-state index contributed by atoms with van der Waals surface area (Å²) in [5.74, 6) is -0.328. The molecule has 15 heavy (non-hydrogen) atoms. The van der Waals surface area contributed by atoms with E-state index in [1.54, 1.807) is 6.08 Å². The van der Waals surface area contributed by atoms with Crippen molar-refractivity contribution in [1.82, 2.24) is 4.90 Å². The smallest absolute Gasteiger partial charge is 0.416 e. The number of thiophene rings is 1. The maximum absolute atomic E-state index is 11.5. The Morgan fingerprint density at radius 2 is 2.47 bits per heavy atom. The van der Waals surface area contributed by atoms with Crippen LogP contribution in [0.3, 0.4) is 0 Å². The van der Waals surface area contributed by atoms with E-state index in [-0.39, 0.29) is 12.5 Å². The zero-order valence-electron chi connectivity index (χ0n) is 7.88. The van der Waals surface area contributed by atoms with E-state index in [1.807, 2.05) is 17.5 Å². The van der Waals surface area contributed by atoms with Crippen LogP contribution < -0.4 is 0 Å². The molecule has 1 aliphatic heterocycles. The van der Waals surface area contributed by atoms with Crippen molar-refractivity contribution in [3.05, 3.63) is 28.5 Å². The largest absolute Gasteiger partial charge is 0.447 e. The summed E-state index contributed by atoms with van der Waals surface area (Å²) in [4.78, 5) is 24.6. The van der Waals surface area contributed by atoms with Crippen LogP contribution in [0.2, 0.25) is 0 Å². The monoisotopic (exact) mass is 223 g/mol. The average molecular weight is 223 g/mol. The average Bonchev–Trinajstić information content (AvgIpc) is 2.84. The number of amides is 2. The van der Waals surface area contributed by atoms with Gasteiger partial charge in [-0.15, -0.1) is 11.3 Å². The quantitative estimate of drug-likeness (QED) is 0.717. The molecule has 0 atom stereocenters. The van der Waals surface area contributed by atoms with Crippen LogP contribution in [0.1, 0.15) is 4.88 Å². The molecule has 1 saturated heterocycles. The minimum Gasteiger partial charge on any atom is -0.447 e. The number of cyclic esters (lactones) is 1. The summed E-state index contributed by atoms with van der Waals surface area (Å²) >= 11 is 1.53. The Morgan fingerprint density at radius 3 is 3.07 bits per heavy atom. The second-order valence-electron chi connectivity index (χ2n) is 2.95. The van der Waals surface area contributed by atoms with E-state index < -0.39 is 6.09 Å². The standard InChI is InChI=1S/C10H9NO3S/c12-9(11-5-6-14-10(11)13)4-3-8-2-1-7-15-8/h1-4,7H,5-6H2. The summed E-state index contributed by atoms with van der Waals surface area (Å²) in [6, 6.07) is 3.80. The molecule has 0 bridgehead atoms. The number of carbonyl (C=O) groups excluding carboxylic acids is 2. The number of hydrogen-bond donors (Lipinski definition) is 0. The number of hydrogen-bond acceptors (Lipinski definition) is 4. The number of carbonyl (C=O) groups is 2. The first-order valence-electron chi connectivity index (χ1n) is 4.47. The van der Waals surface area contributed by atoms with E-state index in [9.17, 15) is 9.59 Å². The van der Waals surface area contributed by atoms with Crippen LogP contribution in [-0.4, -0.2) is 30.1 Å². The van der Waals surface area contributed by atoms with Gasteiger partial charge in [-0.25, -0.2) is 9.69 Å². The summed E-state index contributed by atoms with van der Waals surface area (Å²) in [6.07, 6.45) is 2.52. The van der Waals surface area contributed by atoms with Gasteiger partial charge in [-0.2, -0.15) is 0 Å². The summed E-state index contributed by atoms with van der Waals surface area (Å²) < 4.78 is 4.66. The molecule has 2 rings (SSSR count). The van der Waals surface area contributed by atoms with Gasteiger partial charge in [0.2, 0.25) is 0 Å². The molecule has 78 valence electrons. The third-order valence-electron chi connectivity index (χ3n) is 1.96. The van der Waals surface area contributed by atoms with E-state index in [0.717, 1.165) is 9.78 Å². The van der Waals surface area contributed by atoms with Crippen molar-refractivity contribution in [3.8, 4) is 0 Å². The van der Waals surface area contributed by atoms with Gasteiger partial charge in [-0.1, -0.05) is 6.07 Å². The van der Waals surface area contributed by atoms with Crippen LogP contribution in [0.25, 0.3) is 6.08 Å². The maximum Gasteiger partial charge on any atom is 0.416 e. The van der Waals surface area contributed by atoms with Crippen LogP contribution in [0, 0.1) is 0 Å². The highest BCUT2D eigenvalue weighted by molar-refractivity contribution is 7.10. The first kappa shape index (κ1) is 9.92. The van der Waals surface area contributed by atoms with Crippen molar-refractivity contribution in [2.24, 2.45) is 0 Å². The second-order valence-corrected chi connectivity index (χ2v) is 3.93. The molecular weight excluding hydrogens is 214 g/mol. The van der Waals surface area contributed by atoms with E-state index >= 15 is 0 Å². The van der Waals surface area contributed by atoms with Crippen LogP contribution in [0.15, 0.2) is 23.6 Å². The minimum absolute atomic E-state index is 0.289. The van der Waals surface area contributed by atoms with Gasteiger partial charge in [0.15, 0.2) is 0 Å². The number of rotatable bonds is 2. The SMILES string of the molecule is O=C(C=Cc1cccs1)N1CCOC1=O. The maximum atomic E-state index is 11.5. The molecule has 2 heterocycles. The molecule has 0 saturated carbocycles. The van der Waals surface area contributed by atoms with Gasteiger partial charge in [0, 0.05) is 11.0 Å². The van der Waals surface area contributed by atoms with Gasteiger partial charge in [0.1, 0.15) is 6.61 Å². The molecule has 2 amide bonds. The lowest BCUT2D eigenvalue weighted by molar-refractivity contribution is -0.122. The lowest BCUT2D eigenvalue weighted by Gasteiger charge is -2.05. The lowest BCUT2D eigenvalue weighted by atomic mass is 10.4. The summed E-state index contributed by atoms with van der Waals surface area (Å²) in [7, 11) is 0. The Balaban J connectivity index is 2.00. The van der Waals surface area contributed by atoms with Gasteiger partial charge < -0.3 is 4.74 Å². The molecule has 5 heteroatoms. The predicted molar refractivity (Wildman–Crippen MR) is 56.4 cm³/mol. The van der Waals surface area contributed by atoms with Crippen LogP contribution in [-0.2, 0) is 9.53 Å². The van der Waals surface area contributed by atoms with Crippen molar-refractivity contribution >= 4 is 29.4 Å². The topological polar surface area (TPSA) is 46.6 Å². The van der Waals surface area contributed by atoms with Gasteiger partial charge >= 0.3 is 6.09 Å². The van der Waals surface area contributed by atoms with Gasteiger partial charge in [0.25, 0.3) is 5.91 Å². The predicted octanol–water partition coefficient (Wildman–Crippen LogP) is 1.74. The van der Waals surface area contributed by atoms with Crippen LogP contribution in [0.5, 0.6) is 0 Å². The van der Waals surface area contributed by atoms with Gasteiger partial charge in [0.05, 0.1) is 6.54 Å². The van der Waals surface area contributed by atoms with Crippen molar-refractivity contribution in [2.75, 3.05) is 13.2 Å². The number of ether oxygens (including phenoxy) is 1. The van der Waals surface area contributed by atoms with Crippen molar-refractivity contribution in [3.63, 3.8) is 0 Å². The molecule has 0 unspecified atom stereocenters. The summed E-state index contributed by atoms with van der Waals surface area (Å²) in [5, 5.41) is 1.92. The molecule has 1 aliphatic rings. The molecule has 1 aromatic rings. The Morgan fingerprint density at radius 1 is 1.60 bits per heavy atom. The Hall–Kier alpha value is -1.62. The minimum atomic E-state index is -0.559. The molecule has 4 nitrogen and oxygen atoms in total. The van der Waals surface area contributed by atoms with E-state index in [2.05, 4.69) is 4.74 Å². The van der Waals surface area contributed by atoms with Crippen LogP contribution in [0.4, 0.5) is 4.79 Å². The van der Waals surface area contributed by atoms with Crippen molar-refractivity contribution in [1.29, 1.82) is 0 Å². The molecule has 0 radical (unpaired) electrons. The highest BCUT2D eigenvalue weighted by Crippen LogP contribution is 2.11. The molecule has 0 N–H and O–H groups in total. The first-order valence-corrected chi connectivity index (χ1v) is 5.35. The fourth-order valence-electron chi connectivity index (χ4n) is 1.22. The Labute approximate surface area is 90.8 Å². The fraction of sp³-hybridized carbons (Fsp3) is 0.200. The zero-order chi connectivity index (χ0) is 10.7. The molecule has 1 aromatic heterocycles. The Kier molecular flexibility index (Phi) is 2.82. The molecule has 1 fully saturated rings. The summed E-state index contributed by atoms with van der Waals surface area (Å²) in [5.41, 5.74) is 0. The first-order chi connectivity index (χ1) is 7.27. The molecule has 0 spiro atoms.